The fourth-order valence-corrected chi connectivity index (χ4v) is 2.31. The number of nitrogens with two attached hydrogens (primary N) is 1. The van der Waals surface area contributed by atoms with Gasteiger partial charge in [0.15, 0.2) is 11.5 Å². The number of H-pyrrole nitrogens is 1. The molecule has 0 radical (unpaired) electrons. The Morgan fingerprint density at radius 2 is 2.00 bits per heavy atom. The molecule has 1 aliphatic rings. The lowest BCUT2D eigenvalue weighted by atomic mass is 10.0. The number of anilines is 1. The summed E-state index contributed by atoms with van der Waals surface area (Å²) in [5, 5.41) is 13.5. The zero-order chi connectivity index (χ0) is 16.6. The molecule has 7 nitrogen and oxygen atoms in total. The molecule has 1 aromatic carbocycles. The van der Waals surface area contributed by atoms with E-state index in [1.54, 1.807) is 24.3 Å². The van der Waals surface area contributed by atoms with Crippen molar-refractivity contribution in [1.82, 2.24) is 20.6 Å². The minimum atomic E-state index is -4.55. The van der Waals surface area contributed by atoms with Crippen molar-refractivity contribution in [2.45, 2.75) is 25.4 Å². The van der Waals surface area contributed by atoms with E-state index in [1.807, 2.05) is 6.92 Å². The standard InChI is InChI=1S/C13H13F3N6O/c1-7(11-18-20-21-19-11)8-2-4-9(5-3-8)22-10(13(14,15)16)6-23-12(22)17/h2-7,12H,17H2,1H3,(H,18,19,20,21)/t7-,12?/m1/s1. The summed E-state index contributed by atoms with van der Waals surface area (Å²) in [6.45, 7) is 1.88. The molecule has 3 N–H and O–H groups in total. The lowest BCUT2D eigenvalue weighted by Crippen LogP contribution is -2.41. The van der Waals surface area contributed by atoms with Crippen molar-refractivity contribution in [1.29, 1.82) is 0 Å². The lowest BCUT2D eigenvalue weighted by molar-refractivity contribution is -0.0929. The first-order valence-corrected chi connectivity index (χ1v) is 6.69. The van der Waals surface area contributed by atoms with Crippen LogP contribution in [0.2, 0.25) is 0 Å². The average Bonchev–Trinajstić information content (AvgIpc) is 3.15. The second kappa shape index (κ2) is 5.54. The number of hydrogen-bond donors (Lipinski definition) is 2. The molecule has 10 heteroatoms. The monoisotopic (exact) mass is 326 g/mol. The summed E-state index contributed by atoms with van der Waals surface area (Å²) >= 11 is 0. The van der Waals surface area contributed by atoms with Crippen molar-refractivity contribution < 1.29 is 17.9 Å². The number of rotatable bonds is 3. The summed E-state index contributed by atoms with van der Waals surface area (Å²) in [5.41, 5.74) is 5.78. The molecule has 3 rings (SSSR count). The predicted octanol–water partition coefficient (Wildman–Crippen LogP) is 1.83. The van der Waals surface area contributed by atoms with Crippen LogP contribution < -0.4 is 10.6 Å². The van der Waals surface area contributed by atoms with Crippen LogP contribution in [0.1, 0.15) is 24.2 Å². The Balaban J connectivity index is 1.86. The van der Waals surface area contributed by atoms with Crippen molar-refractivity contribution >= 4 is 5.69 Å². The van der Waals surface area contributed by atoms with E-state index in [0.717, 1.165) is 10.5 Å². The maximum absolute atomic E-state index is 13.0. The predicted molar refractivity (Wildman–Crippen MR) is 73.8 cm³/mol. The highest BCUT2D eigenvalue weighted by Crippen LogP contribution is 2.37. The molecule has 1 aromatic heterocycles. The molecule has 1 unspecified atom stereocenters. The molecule has 0 aliphatic carbocycles. The van der Waals surface area contributed by atoms with Gasteiger partial charge in [-0.05, 0) is 28.1 Å². The highest BCUT2D eigenvalue weighted by atomic mass is 19.4. The van der Waals surface area contributed by atoms with Gasteiger partial charge in [-0.1, -0.05) is 19.1 Å². The molecule has 2 atom stereocenters. The molecule has 2 aromatic rings. The smallest absolute Gasteiger partial charge is 0.434 e. The van der Waals surface area contributed by atoms with Gasteiger partial charge in [-0.15, -0.1) is 5.10 Å². The van der Waals surface area contributed by atoms with E-state index < -0.39 is 18.2 Å². The van der Waals surface area contributed by atoms with Crippen molar-refractivity contribution in [2.75, 3.05) is 4.90 Å². The van der Waals surface area contributed by atoms with Crippen LogP contribution in [0.15, 0.2) is 36.2 Å². The van der Waals surface area contributed by atoms with Gasteiger partial charge in [-0.2, -0.15) is 13.2 Å². The summed E-state index contributed by atoms with van der Waals surface area (Å²) in [5.74, 6) is 0.440. The molecule has 0 amide bonds. The molecular weight excluding hydrogens is 313 g/mol. The SMILES string of the molecule is C[C@H](c1ccc(N2C(C(F)(F)F)=COC2N)cc1)c1nnn[nH]1. The zero-order valence-electron chi connectivity index (χ0n) is 11.9. The second-order valence-corrected chi connectivity index (χ2v) is 5.00. The van der Waals surface area contributed by atoms with E-state index in [1.165, 1.54) is 0 Å². The third-order valence-electron chi connectivity index (χ3n) is 3.57. The van der Waals surface area contributed by atoms with E-state index in [4.69, 9.17) is 10.5 Å². The third kappa shape index (κ3) is 2.84. The number of alkyl halides is 3. The maximum atomic E-state index is 13.0. The summed E-state index contributed by atoms with van der Waals surface area (Å²) in [6.07, 6.45) is -5.14. The normalized spacial score (nSPS) is 19.4. The van der Waals surface area contributed by atoms with Crippen LogP contribution in [0.25, 0.3) is 0 Å². The number of hydrogen-bond acceptors (Lipinski definition) is 6. The largest absolute Gasteiger partial charge is 0.463 e. The quantitative estimate of drug-likeness (QED) is 0.894. The van der Waals surface area contributed by atoms with Gasteiger partial charge in [-0.25, -0.2) is 5.10 Å². The Hall–Kier alpha value is -2.62. The number of aromatic amines is 1. The van der Waals surface area contributed by atoms with E-state index >= 15 is 0 Å². The molecule has 122 valence electrons. The molecular formula is C13H13F3N6O. The fraction of sp³-hybridized carbons (Fsp3) is 0.308. The number of nitrogens with one attached hydrogen (secondary N) is 1. The van der Waals surface area contributed by atoms with Crippen molar-refractivity contribution in [3.63, 3.8) is 0 Å². The van der Waals surface area contributed by atoms with Crippen LogP contribution in [-0.4, -0.2) is 33.2 Å². The zero-order valence-corrected chi connectivity index (χ0v) is 11.9. The minimum absolute atomic E-state index is 0.125. The van der Waals surface area contributed by atoms with E-state index in [-0.39, 0.29) is 11.6 Å². The summed E-state index contributed by atoms with van der Waals surface area (Å²) in [4.78, 5) is 0.893. The van der Waals surface area contributed by atoms with Gasteiger partial charge in [0.1, 0.15) is 6.26 Å². The minimum Gasteiger partial charge on any atom is -0.463 e. The molecule has 0 saturated heterocycles. The number of nitrogens with zero attached hydrogens (tertiary/aromatic N) is 4. The first-order valence-electron chi connectivity index (χ1n) is 6.69. The van der Waals surface area contributed by atoms with Crippen LogP contribution in [0, 0.1) is 0 Å². The number of ether oxygens (including phenoxy) is 1. The Bertz CT molecular complexity index is 697. The van der Waals surface area contributed by atoms with Gasteiger partial charge in [0, 0.05) is 11.6 Å². The highest BCUT2D eigenvalue weighted by Gasteiger charge is 2.44. The Morgan fingerprint density at radius 3 is 2.57 bits per heavy atom. The Kier molecular flexibility index (Phi) is 3.68. The van der Waals surface area contributed by atoms with E-state index in [2.05, 4.69) is 20.6 Å². The van der Waals surface area contributed by atoms with Crippen molar-refractivity contribution in [3.05, 3.63) is 47.6 Å². The second-order valence-electron chi connectivity index (χ2n) is 5.00. The first kappa shape index (κ1) is 15.3. The summed E-state index contributed by atoms with van der Waals surface area (Å²) in [6, 6.07) is 6.48. The van der Waals surface area contributed by atoms with Crippen molar-refractivity contribution in [2.24, 2.45) is 5.73 Å². The topological polar surface area (TPSA) is 93.0 Å². The lowest BCUT2D eigenvalue weighted by Gasteiger charge is -2.26. The average molecular weight is 326 g/mol. The van der Waals surface area contributed by atoms with Crippen LogP contribution in [0.3, 0.4) is 0 Å². The van der Waals surface area contributed by atoms with Gasteiger partial charge in [0.05, 0.1) is 0 Å². The number of aromatic nitrogens is 4. The summed E-state index contributed by atoms with van der Waals surface area (Å²) < 4.78 is 43.8. The van der Waals surface area contributed by atoms with Crippen LogP contribution in [-0.2, 0) is 4.74 Å². The van der Waals surface area contributed by atoms with Crippen LogP contribution >= 0.6 is 0 Å². The number of allylic oxidation sites excluding steroid dienone is 1. The fourth-order valence-electron chi connectivity index (χ4n) is 2.31. The number of benzene rings is 1. The first-order chi connectivity index (χ1) is 10.9. The molecule has 0 saturated carbocycles. The molecule has 1 aliphatic heterocycles. The van der Waals surface area contributed by atoms with Crippen LogP contribution in [0.5, 0.6) is 0 Å². The van der Waals surface area contributed by atoms with Gasteiger partial charge < -0.3 is 4.74 Å². The molecule has 0 spiro atoms. The van der Waals surface area contributed by atoms with Gasteiger partial charge in [0.2, 0.25) is 6.35 Å². The number of tetrazole rings is 1. The van der Waals surface area contributed by atoms with Gasteiger partial charge in [0.25, 0.3) is 0 Å². The van der Waals surface area contributed by atoms with Crippen molar-refractivity contribution in [3.8, 4) is 0 Å². The molecule has 2 heterocycles. The Morgan fingerprint density at radius 1 is 1.30 bits per heavy atom. The molecule has 0 fully saturated rings. The molecule has 0 bridgehead atoms. The maximum Gasteiger partial charge on any atom is 0.434 e. The highest BCUT2D eigenvalue weighted by molar-refractivity contribution is 5.55. The Labute approximate surface area is 128 Å². The van der Waals surface area contributed by atoms with E-state index in [9.17, 15) is 13.2 Å². The van der Waals surface area contributed by atoms with E-state index in [0.29, 0.717) is 12.1 Å². The van der Waals surface area contributed by atoms with Gasteiger partial charge >= 0.3 is 6.18 Å². The van der Waals surface area contributed by atoms with Crippen LogP contribution in [0.4, 0.5) is 18.9 Å². The molecule has 23 heavy (non-hydrogen) atoms. The third-order valence-corrected chi connectivity index (χ3v) is 3.57. The number of halogens is 3. The van der Waals surface area contributed by atoms with Gasteiger partial charge in [-0.3, -0.25) is 10.6 Å². The summed E-state index contributed by atoms with van der Waals surface area (Å²) in [7, 11) is 0.